The number of hydrogen-bond donors (Lipinski definition) is 0. The number of benzene rings is 10. The summed E-state index contributed by atoms with van der Waals surface area (Å²) >= 11 is 0. The Bertz CT molecular complexity index is 4700. The first-order valence-corrected chi connectivity index (χ1v) is 26.7. The van der Waals surface area contributed by atoms with Crippen LogP contribution >= 0.6 is 0 Å². The van der Waals surface area contributed by atoms with Crippen LogP contribution in [0.3, 0.4) is 0 Å². The Labute approximate surface area is 477 Å². The lowest BCUT2D eigenvalue weighted by Gasteiger charge is -2.21. The van der Waals surface area contributed by atoms with Crippen molar-refractivity contribution in [1.29, 1.82) is 5.26 Å². The van der Waals surface area contributed by atoms with Gasteiger partial charge in [0.1, 0.15) is 0 Å². The first kappa shape index (κ1) is 54.7. The van der Waals surface area contributed by atoms with E-state index in [1.807, 2.05) is 72.4 Å². The van der Waals surface area contributed by atoms with Crippen LogP contribution in [0.25, 0.3) is 115 Å². The molecule has 0 unspecified atom stereocenters. The lowest BCUT2D eigenvalue weighted by molar-refractivity contribution is -0.138. The molecular weight excluding hydrogens is 1080 g/mol. The zero-order chi connectivity index (χ0) is 59.5. The zero-order valence-corrected chi connectivity index (χ0v) is 45.9. The average molecular weight is 1130 g/mol. The molecule has 0 aliphatic heterocycles. The molecule has 10 aromatic carbocycles. The van der Waals surface area contributed by atoms with Crippen LogP contribution in [0.15, 0.2) is 176 Å². The normalized spacial score (nSPS) is 12.2. The van der Waals surface area contributed by atoms with E-state index in [0.29, 0.717) is 105 Å². The van der Waals surface area contributed by atoms with Crippen molar-refractivity contribution >= 4 is 49.3 Å². The van der Waals surface area contributed by atoms with Gasteiger partial charge < -0.3 is 9.13 Å². The van der Waals surface area contributed by atoms with E-state index in [1.54, 1.807) is 99.6 Å². The largest absolute Gasteiger partial charge is 0.416 e. The van der Waals surface area contributed by atoms with Gasteiger partial charge in [-0.3, -0.25) is 0 Å². The third-order valence-corrected chi connectivity index (χ3v) is 15.5. The van der Waals surface area contributed by atoms with Crippen LogP contribution in [-0.2, 0) is 18.5 Å². The first-order valence-electron chi connectivity index (χ1n) is 26.7. The summed E-state index contributed by atoms with van der Waals surface area (Å²) < 4.78 is 133. The van der Waals surface area contributed by atoms with E-state index >= 15 is 0 Å². The minimum Gasteiger partial charge on any atom is -0.319 e. The van der Waals surface area contributed by atoms with E-state index in [4.69, 9.17) is 0 Å². The summed E-state index contributed by atoms with van der Waals surface area (Å²) in [6.07, 6.45) is -13.9. The molecule has 0 amide bonds. The van der Waals surface area contributed by atoms with Crippen molar-refractivity contribution in [2.24, 2.45) is 0 Å². The van der Waals surface area contributed by atoms with Crippen molar-refractivity contribution in [3.8, 4) is 73.1 Å². The molecule has 0 saturated carbocycles. The van der Waals surface area contributed by atoms with E-state index < -0.39 is 35.2 Å². The molecule has 0 radical (unpaired) electrons. The molecule has 12 aromatic rings. The maximum absolute atomic E-state index is 14.4. The summed E-state index contributed by atoms with van der Waals surface area (Å²) in [5, 5.41) is 12.8. The minimum absolute atomic E-state index is 0.135. The number of hydrogen-bond acceptors (Lipinski definition) is 1. The molecule has 0 N–H and O–H groups in total. The topological polar surface area (TPSA) is 38.0 Å². The zero-order valence-electron chi connectivity index (χ0n) is 45.9. The summed E-state index contributed by atoms with van der Waals surface area (Å²) in [6.45, 7) is 20.0. The smallest absolute Gasteiger partial charge is 0.319 e. The number of rotatable bonds is 7. The van der Waals surface area contributed by atoms with Crippen LogP contribution in [0.2, 0.25) is 0 Å². The second-order valence-corrected chi connectivity index (χ2v) is 21.9. The van der Waals surface area contributed by atoms with E-state index in [2.05, 4.69) is 29.1 Å². The van der Waals surface area contributed by atoms with Crippen LogP contribution in [0.1, 0.15) is 55.6 Å². The van der Waals surface area contributed by atoms with Crippen molar-refractivity contribution in [2.45, 2.75) is 60.1 Å². The highest BCUT2D eigenvalue weighted by atomic mass is 19.4. The van der Waals surface area contributed by atoms with Crippen LogP contribution in [0, 0.1) is 59.4 Å². The third kappa shape index (κ3) is 9.79. The number of aryl methyl sites for hydroxylation is 6. The van der Waals surface area contributed by atoms with E-state index in [1.165, 1.54) is 0 Å². The fourth-order valence-electron chi connectivity index (χ4n) is 12.1. The number of aromatic nitrogens is 2. The fourth-order valence-corrected chi connectivity index (χ4v) is 12.1. The maximum Gasteiger partial charge on any atom is 0.416 e. The standard InChI is InChI=1S/C71H47F9N4/c1-38-18-39(2)21-49(20-38)45-10-15-64-60(33-45)61-36-48(52-24-43(6)28-56(32-52)71(78,79)80)11-16-65(61)84(64)68-57(53-25-40(3)19-44(29-53)37-81)12-17-66(67(68)82-7)83-62-13-8-46(50-22-41(4)26-54(30-50)69(72,73)74)34-58(62)59-35-47(9-14-63(59)83)51-23-42(5)27-55(31-51)70(75,76)77/h8-36H,1-6H3. The Morgan fingerprint density at radius 1 is 0.357 bits per heavy atom. The number of nitriles is 1. The fraction of sp³-hybridized carbons (Fsp3) is 0.127. The van der Waals surface area contributed by atoms with Gasteiger partial charge in [-0.1, -0.05) is 83.9 Å². The van der Waals surface area contributed by atoms with Gasteiger partial charge in [-0.25, -0.2) is 4.85 Å². The van der Waals surface area contributed by atoms with Gasteiger partial charge in [-0.2, -0.15) is 44.8 Å². The Morgan fingerprint density at radius 3 is 1.05 bits per heavy atom. The van der Waals surface area contributed by atoms with Gasteiger partial charge in [-0.15, -0.1) is 0 Å². The van der Waals surface area contributed by atoms with Gasteiger partial charge in [0, 0.05) is 21.5 Å². The van der Waals surface area contributed by atoms with Gasteiger partial charge >= 0.3 is 18.5 Å². The SMILES string of the molecule is [C-]#[N+]c1c(-n2c3ccc(-c4cc(C)cc(C(F)(F)F)c4)cc3c3cc(-c4cc(C)cc(C(F)(F)F)c4)ccc32)ccc(-c2cc(C)cc(C#N)c2)c1-n1c2ccc(-c3cc(C)cc(C)c3)cc2c2cc(-c3cc(C)cc(C(F)(F)F)c3)ccc21. The Kier molecular flexibility index (Phi) is 13.0. The highest BCUT2D eigenvalue weighted by Crippen LogP contribution is 2.49. The molecule has 13 heteroatoms. The lowest BCUT2D eigenvalue weighted by atomic mass is 9.96. The van der Waals surface area contributed by atoms with Gasteiger partial charge in [0.05, 0.1) is 68.3 Å². The molecule has 12 rings (SSSR count). The third-order valence-electron chi connectivity index (χ3n) is 15.5. The molecule has 2 aromatic heterocycles. The van der Waals surface area contributed by atoms with E-state index in [-0.39, 0.29) is 16.8 Å². The van der Waals surface area contributed by atoms with Crippen molar-refractivity contribution in [2.75, 3.05) is 0 Å². The Morgan fingerprint density at radius 2 is 0.690 bits per heavy atom. The minimum atomic E-state index is -4.64. The molecule has 414 valence electrons. The molecule has 4 nitrogen and oxygen atoms in total. The second kappa shape index (κ2) is 20.0. The van der Waals surface area contributed by atoms with E-state index in [0.717, 1.165) is 69.6 Å². The lowest BCUT2D eigenvalue weighted by Crippen LogP contribution is -2.05. The number of alkyl halides is 9. The molecule has 0 bridgehead atoms. The maximum atomic E-state index is 14.4. The second-order valence-electron chi connectivity index (χ2n) is 21.9. The number of nitrogens with zero attached hydrogens (tertiary/aromatic N) is 4. The van der Waals surface area contributed by atoms with Crippen molar-refractivity contribution in [3.05, 3.63) is 243 Å². The van der Waals surface area contributed by atoms with Crippen LogP contribution < -0.4 is 0 Å². The van der Waals surface area contributed by atoms with Crippen LogP contribution in [-0.4, -0.2) is 9.13 Å². The number of halogens is 9. The molecule has 0 aliphatic rings. The molecule has 0 fully saturated rings. The van der Waals surface area contributed by atoms with Gasteiger partial charge in [0.2, 0.25) is 5.69 Å². The van der Waals surface area contributed by atoms with E-state index in [9.17, 15) is 51.3 Å². The molecule has 0 spiro atoms. The van der Waals surface area contributed by atoms with Crippen molar-refractivity contribution < 1.29 is 39.5 Å². The highest BCUT2D eigenvalue weighted by Gasteiger charge is 2.34. The quantitative estimate of drug-likeness (QED) is 0.116. The molecule has 0 saturated heterocycles. The van der Waals surface area contributed by atoms with Gasteiger partial charge in [0.25, 0.3) is 0 Å². The predicted molar refractivity (Wildman–Crippen MR) is 317 cm³/mol. The number of fused-ring (bicyclic) bond motifs is 6. The Hall–Kier alpha value is -9.85. The Balaban J connectivity index is 1.19. The summed E-state index contributed by atoms with van der Waals surface area (Å²) in [5.41, 5.74) is 10.5. The molecule has 84 heavy (non-hydrogen) atoms. The molecule has 2 heterocycles. The van der Waals surface area contributed by atoms with Crippen molar-refractivity contribution in [1.82, 2.24) is 9.13 Å². The molecular formula is C71H47F9N4. The predicted octanol–water partition coefficient (Wildman–Crippen LogP) is 21.5. The van der Waals surface area contributed by atoms with Crippen molar-refractivity contribution in [3.63, 3.8) is 0 Å². The summed E-state index contributed by atoms with van der Waals surface area (Å²) in [7, 11) is 0. The summed E-state index contributed by atoms with van der Waals surface area (Å²) in [5.74, 6) is 0. The first-order chi connectivity index (χ1) is 39.8. The van der Waals surface area contributed by atoms with Gasteiger partial charge in [-0.05, 0) is 223 Å². The monoisotopic (exact) mass is 1130 g/mol. The van der Waals surface area contributed by atoms with Crippen LogP contribution in [0.4, 0.5) is 45.2 Å². The average Bonchev–Trinajstić information content (AvgIpc) is 1.61. The van der Waals surface area contributed by atoms with Crippen LogP contribution in [0.5, 0.6) is 0 Å². The van der Waals surface area contributed by atoms with Gasteiger partial charge in [0.15, 0.2) is 0 Å². The molecule has 0 atom stereocenters. The summed E-state index contributed by atoms with van der Waals surface area (Å²) in [6, 6.07) is 51.1. The highest BCUT2D eigenvalue weighted by molar-refractivity contribution is 6.15. The summed E-state index contributed by atoms with van der Waals surface area (Å²) in [4.78, 5) is 4.39. The molecule has 0 aliphatic carbocycles.